The third-order valence-electron chi connectivity index (χ3n) is 2.30. The number of aromatic nitrogens is 1. The van der Waals surface area contributed by atoms with Crippen LogP contribution in [0.15, 0.2) is 11.4 Å². The number of carbonyl (C=O) groups is 2. The lowest BCUT2D eigenvalue weighted by atomic mass is 10.2. The lowest BCUT2D eigenvalue weighted by Gasteiger charge is -2.05. The van der Waals surface area contributed by atoms with Gasteiger partial charge in [0, 0.05) is 5.39 Å². The number of rotatable bonds is 3. The fourth-order valence-electron chi connectivity index (χ4n) is 1.50. The SMILES string of the molecule is N#Cc1nc(C(=O)NCC(=O)O)c(O)c2ccsc12. The first-order chi connectivity index (χ1) is 9.04. The number of nitrogens with zero attached hydrogens (tertiary/aromatic N) is 2. The summed E-state index contributed by atoms with van der Waals surface area (Å²) in [5, 5.41) is 31.4. The number of carboxylic acids is 1. The van der Waals surface area contributed by atoms with Gasteiger partial charge in [0.15, 0.2) is 17.1 Å². The summed E-state index contributed by atoms with van der Waals surface area (Å²) in [4.78, 5) is 25.8. The van der Waals surface area contributed by atoms with E-state index in [1.165, 1.54) is 11.3 Å². The van der Waals surface area contributed by atoms with Crippen LogP contribution in [0.1, 0.15) is 16.2 Å². The van der Waals surface area contributed by atoms with Gasteiger partial charge in [-0.1, -0.05) is 0 Å². The molecular formula is C11H7N3O4S. The molecule has 1 amide bonds. The van der Waals surface area contributed by atoms with Gasteiger partial charge in [-0.3, -0.25) is 9.59 Å². The maximum atomic E-state index is 11.7. The van der Waals surface area contributed by atoms with Crippen molar-refractivity contribution in [3.8, 4) is 11.8 Å². The van der Waals surface area contributed by atoms with Gasteiger partial charge in [-0.2, -0.15) is 5.26 Å². The topological polar surface area (TPSA) is 123 Å². The van der Waals surface area contributed by atoms with Crippen LogP contribution in [0.25, 0.3) is 10.1 Å². The maximum Gasteiger partial charge on any atom is 0.322 e. The van der Waals surface area contributed by atoms with Crippen LogP contribution in [0.4, 0.5) is 0 Å². The van der Waals surface area contributed by atoms with E-state index in [4.69, 9.17) is 10.4 Å². The molecular weight excluding hydrogens is 270 g/mol. The molecule has 0 aliphatic heterocycles. The molecule has 0 bridgehead atoms. The second-order valence-electron chi connectivity index (χ2n) is 3.51. The van der Waals surface area contributed by atoms with Gasteiger partial charge < -0.3 is 15.5 Å². The van der Waals surface area contributed by atoms with Gasteiger partial charge in [-0.05, 0) is 11.4 Å². The van der Waals surface area contributed by atoms with Crippen molar-refractivity contribution in [3.05, 3.63) is 22.8 Å². The van der Waals surface area contributed by atoms with Crippen molar-refractivity contribution in [1.29, 1.82) is 5.26 Å². The molecule has 0 radical (unpaired) electrons. The molecule has 0 atom stereocenters. The lowest BCUT2D eigenvalue weighted by Crippen LogP contribution is -2.30. The smallest absolute Gasteiger partial charge is 0.322 e. The van der Waals surface area contributed by atoms with Gasteiger partial charge in [0.25, 0.3) is 5.91 Å². The summed E-state index contributed by atoms with van der Waals surface area (Å²) in [6, 6.07) is 3.40. The zero-order valence-corrected chi connectivity index (χ0v) is 10.2. The Bertz CT molecular complexity index is 717. The summed E-state index contributed by atoms with van der Waals surface area (Å²) >= 11 is 1.22. The number of thiophene rings is 1. The number of pyridine rings is 1. The summed E-state index contributed by atoms with van der Waals surface area (Å²) in [7, 11) is 0. The van der Waals surface area contributed by atoms with Gasteiger partial charge in [0.2, 0.25) is 0 Å². The first kappa shape index (κ1) is 12.8. The molecule has 0 unspecified atom stereocenters. The number of aromatic hydroxyl groups is 1. The van der Waals surface area contributed by atoms with Crippen LogP contribution in [0.2, 0.25) is 0 Å². The van der Waals surface area contributed by atoms with Crippen molar-refractivity contribution in [3.63, 3.8) is 0 Å². The normalized spacial score (nSPS) is 10.1. The first-order valence-corrected chi connectivity index (χ1v) is 5.92. The Labute approximate surface area is 110 Å². The highest BCUT2D eigenvalue weighted by molar-refractivity contribution is 7.17. The van der Waals surface area contributed by atoms with Crippen LogP contribution in [0, 0.1) is 11.3 Å². The molecule has 2 aromatic rings. The van der Waals surface area contributed by atoms with E-state index in [1.807, 2.05) is 6.07 Å². The van der Waals surface area contributed by atoms with Gasteiger partial charge in [0.05, 0.1) is 4.70 Å². The molecule has 2 rings (SSSR count). The number of hydrogen-bond donors (Lipinski definition) is 3. The Morgan fingerprint density at radius 3 is 2.89 bits per heavy atom. The van der Waals surface area contributed by atoms with Crippen molar-refractivity contribution >= 4 is 33.3 Å². The zero-order chi connectivity index (χ0) is 14.0. The number of nitrogens with one attached hydrogen (secondary N) is 1. The standard InChI is InChI=1S/C11H7N3O4S/c12-3-6-10-5(1-2-19-10)9(17)8(14-6)11(18)13-4-7(15)16/h1-2,17H,4H2,(H,13,18)(H,15,16). The minimum atomic E-state index is -1.22. The van der Waals surface area contributed by atoms with Crippen LogP contribution in [-0.4, -0.2) is 33.6 Å². The van der Waals surface area contributed by atoms with Crippen LogP contribution >= 0.6 is 11.3 Å². The predicted octanol–water partition coefficient (Wildman–Crippen LogP) is 0.688. The van der Waals surface area contributed by atoms with E-state index in [-0.39, 0.29) is 17.1 Å². The van der Waals surface area contributed by atoms with E-state index in [0.717, 1.165) is 0 Å². The minimum Gasteiger partial charge on any atom is -0.505 e. The summed E-state index contributed by atoms with van der Waals surface area (Å²) in [6.45, 7) is -0.594. The number of amides is 1. The number of hydrogen-bond acceptors (Lipinski definition) is 6. The summed E-state index contributed by atoms with van der Waals surface area (Å²) in [6.07, 6.45) is 0. The van der Waals surface area contributed by atoms with Crippen molar-refractivity contribution in [2.75, 3.05) is 6.54 Å². The van der Waals surface area contributed by atoms with E-state index in [9.17, 15) is 14.7 Å². The van der Waals surface area contributed by atoms with Crippen LogP contribution in [0.5, 0.6) is 5.75 Å². The number of nitriles is 1. The summed E-state index contributed by atoms with van der Waals surface area (Å²) in [5.41, 5.74) is -0.341. The highest BCUT2D eigenvalue weighted by Crippen LogP contribution is 2.32. The number of carbonyl (C=O) groups excluding carboxylic acids is 1. The average Bonchev–Trinajstić information content (AvgIpc) is 2.86. The van der Waals surface area contributed by atoms with Gasteiger partial charge >= 0.3 is 5.97 Å². The average molecular weight is 277 g/mol. The van der Waals surface area contributed by atoms with E-state index in [1.54, 1.807) is 11.4 Å². The third-order valence-corrected chi connectivity index (χ3v) is 3.23. The molecule has 96 valence electrons. The Balaban J connectivity index is 2.49. The first-order valence-electron chi connectivity index (χ1n) is 5.05. The molecule has 0 aromatic carbocycles. The van der Waals surface area contributed by atoms with Crippen LogP contribution < -0.4 is 5.32 Å². The zero-order valence-electron chi connectivity index (χ0n) is 9.38. The molecule has 2 aromatic heterocycles. The second kappa shape index (κ2) is 4.91. The van der Waals surface area contributed by atoms with E-state index in [2.05, 4.69) is 10.3 Å². The lowest BCUT2D eigenvalue weighted by molar-refractivity contribution is -0.135. The third kappa shape index (κ3) is 2.31. The quantitative estimate of drug-likeness (QED) is 0.758. The molecule has 0 saturated heterocycles. The molecule has 0 aliphatic carbocycles. The molecule has 0 spiro atoms. The molecule has 0 fully saturated rings. The molecule has 19 heavy (non-hydrogen) atoms. The van der Waals surface area contributed by atoms with Gasteiger partial charge in [-0.15, -0.1) is 11.3 Å². The Morgan fingerprint density at radius 1 is 1.53 bits per heavy atom. The monoisotopic (exact) mass is 277 g/mol. The Kier molecular flexibility index (Phi) is 3.31. The van der Waals surface area contributed by atoms with Crippen molar-refractivity contribution < 1.29 is 19.8 Å². The second-order valence-corrected chi connectivity index (χ2v) is 4.43. The number of aliphatic carboxylic acids is 1. The summed E-state index contributed by atoms with van der Waals surface area (Å²) in [5.74, 6) is -2.42. The fraction of sp³-hybridized carbons (Fsp3) is 0.0909. The van der Waals surface area contributed by atoms with E-state index < -0.39 is 18.4 Å². The molecule has 7 nitrogen and oxygen atoms in total. The molecule has 8 heteroatoms. The van der Waals surface area contributed by atoms with Gasteiger partial charge in [0.1, 0.15) is 12.6 Å². The Hall–Kier alpha value is -2.66. The molecule has 3 N–H and O–H groups in total. The molecule has 0 aliphatic rings. The highest BCUT2D eigenvalue weighted by Gasteiger charge is 2.20. The maximum absolute atomic E-state index is 11.7. The van der Waals surface area contributed by atoms with Crippen LogP contribution in [0.3, 0.4) is 0 Å². The molecule has 2 heterocycles. The number of carboxylic acid groups (broad SMARTS) is 1. The van der Waals surface area contributed by atoms with E-state index >= 15 is 0 Å². The van der Waals surface area contributed by atoms with E-state index in [0.29, 0.717) is 10.1 Å². The predicted molar refractivity (Wildman–Crippen MR) is 66.0 cm³/mol. The van der Waals surface area contributed by atoms with Crippen molar-refractivity contribution in [2.24, 2.45) is 0 Å². The molecule has 0 saturated carbocycles. The van der Waals surface area contributed by atoms with Crippen molar-refractivity contribution in [1.82, 2.24) is 10.3 Å². The van der Waals surface area contributed by atoms with Gasteiger partial charge in [-0.25, -0.2) is 4.98 Å². The largest absolute Gasteiger partial charge is 0.505 e. The number of fused-ring (bicyclic) bond motifs is 1. The van der Waals surface area contributed by atoms with Crippen LogP contribution in [-0.2, 0) is 4.79 Å². The van der Waals surface area contributed by atoms with Crippen molar-refractivity contribution in [2.45, 2.75) is 0 Å². The fourth-order valence-corrected chi connectivity index (χ4v) is 2.33. The summed E-state index contributed by atoms with van der Waals surface area (Å²) < 4.78 is 0.481. The Morgan fingerprint density at radius 2 is 2.26 bits per heavy atom. The minimum absolute atomic E-state index is 0.0169. The highest BCUT2D eigenvalue weighted by atomic mass is 32.1.